The zero-order valence-corrected chi connectivity index (χ0v) is 15.3. The highest BCUT2D eigenvalue weighted by Gasteiger charge is 2.27. The van der Waals surface area contributed by atoms with E-state index in [1.165, 1.54) is 6.07 Å². The molecule has 2 N–H and O–H groups in total. The van der Waals surface area contributed by atoms with Gasteiger partial charge in [0.05, 0.1) is 17.1 Å². The monoisotopic (exact) mass is 383 g/mol. The molecule has 0 unspecified atom stereocenters. The maximum atomic E-state index is 14.0. The zero-order valence-electron chi connectivity index (χ0n) is 14.5. The first-order valence-corrected chi connectivity index (χ1v) is 9.38. The van der Waals surface area contributed by atoms with E-state index in [0.29, 0.717) is 53.8 Å². The Morgan fingerprint density at radius 1 is 1.07 bits per heavy atom. The number of nitrogens with zero attached hydrogens (tertiary/aromatic N) is 4. The number of amides is 1. The molecule has 0 atom stereocenters. The number of carbonyl (C=O) groups is 1. The Morgan fingerprint density at radius 3 is 2.52 bits per heavy atom. The SMILES string of the molecule is Nc1c(-c2ccccn2)nsc1C(=O)N1CCN(c2ccccc2F)CC1. The van der Waals surface area contributed by atoms with Gasteiger partial charge in [-0.25, -0.2) is 4.39 Å². The van der Waals surface area contributed by atoms with Crippen LogP contribution in [0.5, 0.6) is 0 Å². The minimum Gasteiger partial charge on any atom is -0.396 e. The molecule has 6 nitrogen and oxygen atoms in total. The molecular formula is C19H18FN5OS. The first-order valence-electron chi connectivity index (χ1n) is 8.60. The molecule has 138 valence electrons. The number of carbonyl (C=O) groups excluding carboxylic acids is 1. The highest BCUT2D eigenvalue weighted by molar-refractivity contribution is 7.09. The van der Waals surface area contributed by atoms with Gasteiger partial charge in [-0.3, -0.25) is 9.78 Å². The van der Waals surface area contributed by atoms with Gasteiger partial charge in [0.25, 0.3) is 5.91 Å². The number of halogens is 1. The van der Waals surface area contributed by atoms with Gasteiger partial charge in [-0.15, -0.1) is 0 Å². The molecule has 1 aromatic carbocycles. The number of pyridine rings is 1. The fourth-order valence-electron chi connectivity index (χ4n) is 3.14. The number of benzene rings is 1. The van der Waals surface area contributed by atoms with E-state index in [4.69, 9.17) is 5.73 Å². The van der Waals surface area contributed by atoms with Crippen molar-refractivity contribution in [3.63, 3.8) is 0 Å². The van der Waals surface area contributed by atoms with Gasteiger partial charge in [0.1, 0.15) is 16.4 Å². The maximum Gasteiger partial charge on any atom is 0.267 e. The van der Waals surface area contributed by atoms with Crippen LogP contribution in [-0.4, -0.2) is 46.3 Å². The predicted octanol–water partition coefficient (Wildman–Crippen LogP) is 2.89. The second-order valence-electron chi connectivity index (χ2n) is 6.22. The van der Waals surface area contributed by atoms with Gasteiger partial charge in [0.2, 0.25) is 0 Å². The summed E-state index contributed by atoms with van der Waals surface area (Å²) in [5, 5.41) is 0. The number of piperazine rings is 1. The van der Waals surface area contributed by atoms with Gasteiger partial charge in [0, 0.05) is 32.4 Å². The average molecular weight is 383 g/mol. The third-order valence-electron chi connectivity index (χ3n) is 4.59. The summed E-state index contributed by atoms with van der Waals surface area (Å²) in [5.41, 5.74) is 8.30. The summed E-state index contributed by atoms with van der Waals surface area (Å²) in [4.78, 5) is 21.2. The number of hydrogen-bond donors (Lipinski definition) is 1. The van der Waals surface area contributed by atoms with Gasteiger partial charge in [-0.1, -0.05) is 18.2 Å². The van der Waals surface area contributed by atoms with Gasteiger partial charge in [0.15, 0.2) is 0 Å². The van der Waals surface area contributed by atoms with Crippen molar-refractivity contribution in [2.75, 3.05) is 36.8 Å². The molecule has 3 aromatic rings. The molecule has 1 aliphatic heterocycles. The largest absolute Gasteiger partial charge is 0.396 e. The molecule has 1 saturated heterocycles. The van der Waals surface area contributed by atoms with E-state index < -0.39 is 0 Å². The molecule has 1 amide bonds. The van der Waals surface area contributed by atoms with Gasteiger partial charge < -0.3 is 15.5 Å². The van der Waals surface area contributed by atoms with E-state index in [1.807, 2.05) is 29.2 Å². The van der Waals surface area contributed by atoms with Crippen LogP contribution in [-0.2, 0) is 0 Å². The zero-order chi connectivity index (χ0) is 18.8. The minimum atomic E-state index is -0.246. The highest BCUT2D eigenvalue weighted by Crippen LogP contribution is 2.31. The highest BCUT2D eigenvalue weighted by atomic mass is 32.1. The fourth-order valence-corrected chi connectivity index (χ4v) is 3.92. The summed E-state index contributed by atoms with van der Waals surface area (Å²) in [6, 6.07) is 12.2. The van der Waals surface area contributed by atoms with Gasteiger partial charge in [-0.2, -0.15) is 4.37 Å². The smallest absolute Gasteiger partial charge is 0.267 e. The fraction of sp³-hybridized carbons (Fsp3) is 0.211. The lowest BCUT2D eigenvalue weighted by Gasteiger charge is -2.36. The lowest BCUT2D eigenvalue weighted by atomic mass is 10.2. The van der Waals surface area contributed by atoms with Crippen molar-refractivity contribution in [3.05, 3.63) is 59.4 Å². The first-order chi connectivity index (χ1) is 13.1. The Hall–Kier alpha value is -3.00. The van der Waals surface area contributed by atoms with Crippen LogP contribution in [0.2, 0.25) is 0 Å². The first kappa shape index (κ1) is 17.4. The van der Waals surface area contributed by atoms with E-state index in [0.717, 1.165) is 11.5 Å². The quantitative estimate of drug-likeness (QED) is 0.753. The molecule has 1 fully saturated rings. The van der Waals surface area contributed by atoms with Crippen molar-refractivity contribution >= 4 is 28.8 Å². The number of nitrogen functional groups attached to an aromatic ring is 1. The van der Waals surface area contributed by atoms with Crippen LogP contribution in [0.4, 0.5) is 15.8 Å². The Labute approximate surface area is 160 Å². The molecule has 0 aliphatic carbocycles. The Morgan fingerprint density at radius 2 is 1.81 bits per heavy atom. The maximum absolute atomic E-state index is 14.0. The summed E-state index contributed by atoms with van der Waals surface area (Å²) in [5.74, 6) is -0.385. The molecule has 8 heteroatoms. The topological polar surface area (TPSA) is 75.3 Å². The van der Waals surface area contributed by atoms with Crippen molar-refractivity contribution in [1.82, 2.24) is 14.3 Å². The number of hydrogen-bond acceptors (Lipinski definition) is 6. The van der Waals surface area contributed by atoms with Crippen LogP contribution in [0, 0.1) is 5.82 Å². The minimum absolute atomic E-state index is 0.139. The van der Waals surface area contributed by atoms with E-state index in [-0.39, 0.29) is 11.7 Å². The van der Waals surface area contributed by atoms with Crippen molar-refractivity contribution in [2.45, 2.75) is 0 Å². The lowest BCUT2D eigenvalue weighted by Crippen LogP contribution is -2.49. The van der Waals surface area contributed by atoms with Crippen LogP contribution in [0.15, 0.2) is 48.7 Å². The Balaban J connectivity index is 1.47. The number of rotatable bonds is 3. The van der Waals surface area contributed by atoms with E-state index in [1.54, 1.807) is 23.2 Å². The molecule has 4 rings (SSSR count). The molecule has 27 heavy (non-hydrogen) atoms. The molecular weight excluding hydrogens is 365 g/mol. The summed E-state index contributed by atoms with van der Waals surface area (Å²) in [6.45, 7) is 2.14. The molecule has 0 spiro atoms. The Kier molecular flexibility index (Phi) is 4.72. The van der Waals surface area contributed by atoms with Gasteiger partial charge >= 0.3 is 0 Å². The van der Waals surface area contributed by atoms with Crippen LogP contribution in [0.3, 0.4) is 0 Å². The van der Waals surface area contributed by atoms with Crippen molar-refractivity contribution in [2.24, 2.45) is 0 Å². The van der Waals surface area contributed by atoms with E-state index in [9.17, 15) is 9.18 Å². The number of anilines is 2. The standard InChI is InChI=1S/C19H18FN5OS/c20-13-5-1-2-7-15(13)24-9-11-25(12-10-24)19(26)18-16(21)17(23-27-18)14-6-3-4-8-22-14/h1-8H,9-12,21H2. The summed E-state index contributed by atoms with van der Waals surface area (Å²) < 4.78 is 18.3. The molecule has 1 aliphatic rings. The second kappa shape index (κ2) is 7.32. The molecule has 2 aromatic heterocycles. The van der Waals surface area contributed by atoms with Crippen LogP contribution >= 0.6 is 11.5 Å². The van der Waals surface area contributed by atoms with Crippen molar-refractivity contribution in [3.8, 4) is 11.4 Å². The average Bonchev–Trinajstić information content (AvgIpc) is 3.10. The summed E-state index contributed by atoms with van der Waals surface area (Å²) >= 11 is 1.09. The van der Waals surface area contributed by atoms with Crippen LogP contribution in [0.1, 0.15) is 9.67 Å². The second-order valence-corrected chi connectivity index (χ2v) is 6.99. The third kappa shape index (κ3) is 3.35. The number of aromatic nitrogens is 2. The van der Waals surface area contributed by atoms with Crippen LogP contribution < -0.4 is 10.6 Å². The number of para-hydroxylation sites is 1. The van der Waals surface area contributed by atoms with E-state index in [2.05, 4.69) is 9.36 Å². The molecule has 3 heterocycles. The van der Waals surface area contributed by atoms with E-state index >= 15 is 0 Å². The molecule has 0 bridgehead atoms. The molecule has 0 radical (unpaired) electrons. The molecule has 0 saturated carbocycles. The normalized spacial score (nSPS) is 14.4. The predicted molar refractivity (Wildman–Crippen MR) is 104 cm³/mol. The lowest BCUT2D eigenvalue weighted by molar-refractivity contribution is 0.0752. The van der Waals surface area contributed by atoms with Crippen molar-refractivity contribution in [1.29, 1.82) is 0 Å². The summed E-state index contributed by atoms with van der Waals surface area (Å²) in [6.07, 6.45) is 1.66. The Bertz CT molecular complexity index is 954. The summed E-state index contributed by atoms with van der Waals surface area (Å²) in [7, 11) is 0. The van der Waals surface area contributed by atoms with Gasteiger partial charge in [-0.05, 0) is 35.8 Å². The van der Waals surface area contributed by atoms with Crippen LogP contribution in [0.25, 0.3) is 11.4 Å². The number of nitrogens with two attached hydrogens (primary N) is 1. The third-order valence-corrected chi connectivity index (χ3v) is 5.44. The van der Waals surface area contributed by atoms with Crippen molar-refractivity contribution < 1.29 is 9.18 Å².